The maximum Gasteiger partial charge on any atom is 0.220 e. The van der Waals surface area contributed by atoms with E-state index in [1.165, 1.54) is 5.56 Å². The van der Waals surface area contributed by atoms with E-state index in [2.05, 4.69) is 32.1 Å². The van der Waals surface area contributed by atoms with Crippen LogP contribution in [0.3, 0.4) is 0 Å². The molecule has 0 bridgehead atoms. The van der Waals surface area contributed by atoms with Gasteiger partial charge in [0.15, 0.2) is 0 Å². The standard InChI is InChI=1S/C14H17N5O/c1-2-9-4-15-12-11(9)13(18-8-17-12)19-6-14(7-19)3-10(20)16-5-14/h4,8H,2-3,5-7H2,1H3,(H,16,20)(H,15,17,18). The van der Waals surface area contributed by atoms with E-state index in [0.717, 1.165) is 42.9 Å². The second-order valence-corrected chi connectivity index (χ2v) is 5.90. The van der Waals surface area contributed by atoms with E-state index in [1.54, 1.807) is 6.33 Å². The number of anilines is 1. The molecule has 4 rings (SSSR count). The number of hydrogen-bond acceptors (Lipinski definition) is 4. The fourth-order valence-corrected chi connectivity index (χ4v) is 3.42. The van der Waals surface area contributed by atoms with Crippen LogP contribution in [0.2, 0.25) is 0 Å². The van der Waals surface area contributed by atoms with Crippen LogP contribution in [0.25, 0.3) is 11.0 Å². The molecule has 6 heteroatoms. The van der Waals surface area contributed by atoms with Crippen molar-refractivity contribution >= 4 is 22.8 Å². The first kappa shape index (κ1) is 11.7. The number of hydrogen-bond donors (Lipinski definition) is 2. The van der Waals surface area contributed by atoms with Gasteiger partial charge >= 0.3 is 0 Å². The summed E-state index contributed by atoms with van der Waals surface area (Å²) in [6, 6.07) is 0. The van der Waals surface area contributed by atoms with E-state index in [0.29, 0.717) is 6.42 Å². The first-order valence-electron chi connectivity index (χ1n) is 7.03. The zero-order valence-electron chi connectivity index (χ0n) is 11.4. The molecule has 0 saturated carbocycles. The molecule has 20 heavy (non-hydrogen) atoms. The third-order valence-corrected chi connectivity index (χ3v) is 4.46. The van der Waals surface area contributed by atoms with Crippen LogP contribution in [0.4, 0.5) is 5.82 Å². The topological polar surface area (TPSA) is 73.9 Å². The second kappa shape index (κ2) is 3.94. The maximum absolute atomic E-state index is 11.4. The number of carbonyl (C=O) groups is 1. The summed E-state index contributed by atoms with van der Waals surface area (Å²) in [5.41, 5.74) is 2.27. The average molecular weight is 271 g/mol. The van der Waals surface area contributed by atoms with Crippen molar-refractivity contribution in [1.82, 2.24) is 20.3 Å². The van der Waals surface area contributed by atoms with Crippen LogP contribution < -0.4 is 10.2 Å². The van der Waals surface area contributed by atoms with Crippen molar-refractivity contribution in [3.63, 3.8) is 0 Å². The van der Waals surface area contributed by atoms with Gasteiger partial charge in [0.25, 0.3) is 0 Å². The van der Waals surface area contributed by atoms with Gasteiger partial charge in [-0.25, -0.2) is 9.97 Å². The summed E-state index contributed by atoms with van der Waals surface area (Å²) in [5, 5.41) is 4.06. The zero-order chi connectivity index (χ0) is 13.7. The summed E-state index contributed by atoms with van der Waals surface area (Å²) in [7, 11) is 0. The van der Waals surface area contributed by atoms with E-state index in [-0.39, 0.29) is 11.3 Å². The Kier molecular flexibility index (Phi) is 2.31. The Morgan fingerprint density at radius 2 is 2.25 bits per heavy atom. The second-order valence-electron chi connectivity index (χ2n) is 5.90. The molecule has 1 amide bonds. The highest BCUT2D eigenvalue weighted by Crippen LogP contribution is 2.41. The van der Waals surface area contributed by atoms with Gasteiger partial charge in [-0.05, 0) is 12.0 Å². The van der Waals surface area contributed by atoms with Crippen molar-refractivity contribution in [2.45, 2.75) is 19.8 Å². The highest BCUT2D eigenvalue weighted by Gasteiger charge is 2.49. The minimum Gasteiger partial charge on any atom is -0.355 e. The quantitative estimate of drug-likeness (QED) is 0.849. The first-order valence-corrected chi connectivity index (χ1v) is 7.03. The molecule has 104 valence electrons. The van der Waals surface area contributed by atoms with Crippen LogP contribution in [-0.2, 0) is 11.2 Å². The number of aromatic amines is 1. The molecule has 1 spiro atoms. The highest BCUT2D eigenvalue weighted by molar-refractivity contribution is 5.91. The van der Waals surface area contributed by atoms with E-state index in [1.807, 2.05) is 6.20 Å². The molecular weight excluding hydrogens is 254 g/mol. The van der Waals surface area contributed by atoms with Gasteiger partial charge in [-0.2, -0.15) is 0 Å². The molecule has 2 N–H and O–H groups in total. The smallest absolute Gasteiger partial charge is 0.220 e. The SMILES string of the molecule is CCc1c[nH]c2ncnc(N3CC4(CNC(=O)C4)C3)c12. The van der Waals surface area contributed by atoms with Gasteiger partial charge in [0, 0.05) is 37.7 Å². The summed E-state index contributed by atoms with van der Waals surface area (Å²) in [4.78, 5) is 25.6. The molecule has 2 aromatic rings. The predicted octanol–water partition coefficient (Wildman–Crippen LogP) is 0.847. The Hall–Kier alpha value is -2.11. The molecule has 0 radical (unpaired) electrons. The molecule has 2 saturated heterocycles. The third kappa shape index (κ3) is 1.54. The largest absolute Gasteiger partial charge is 0.355 e. The number of amides is 1. The van der Waals surface area contributed by atoms with Crippen LogP contribution in [0.5, 0.6) is 0 Å². The van der Waals surface area contributed by atoms with Crippen molar-refractivity contribution in [2.24, 2.45) is 5.41 Å². The summed E-state index contributed by atoms with van der Waals surface area (Å²) >= 11 is 0. The molecule has 2 aromatic heterocycles. The highest BCUT2D eigenvalue weighted by atomic mass is 16.1. The number of aromatic nitrogens is 3. The van der Waals surface area contributed by atoms with E-state index in [9.17, 15) is 4.79 Å². The first-order chi connectivity index (χ1) is 9.71. The molecular formula is C14H17N5O. The van der Waals surface area contributed by atoms with E-state index in [4.69, 9.17) is 0 Å². The van der Waals surface area contributed by atoms with Crippen LogP contribution in [0.15, 0.2) is 12.5 Å². The molecule has 4 heterocycles. The van der Waals surface area contributed by atoms with Crippen molar-refractivity contribution in [3.8, 4) is 0 Å². The molecule has 0 aromatic carbocycles. The van der Waals surface area contributed by atoms with Crippen LogP contribution in [-0.4, -0.2) is 40.5 Å². The van der Waals surface area contributed by atoms with Crippen molar-refractivity contribution in [1.29, 1.82) is 0 Å². The number of rotatable bonds is 2. The van der Waals surface area contributed by atoms with E-state index < -0.39 is 0 Å². The molecule has 0 unspecified atom stereocenters. The van der Waals surface area contributed by atoms with Gasteiger partial charge in [-0.15, -0.1) is 0 Å². The minimum atomic E-state index is 0.122. The van der Waals surface area contributed by atoms with Crippen molar-refractivity contribution in [3.05, 3.63) is 18.1 Å². The lowest BCUT2D eigenvalue weighted by Gasteiger charge is -2.47. The normalized spacial score (nSPS) is 20.4. The summed E-state index contributed by atoms with van der Waals surface area (Å²) < 4.78 is 0. The predicted molar refractivity (Wildman–Crippen MR) is 75.5 cm³/mol. The van der Waals surface area contributed by atoms with Gasteiger partial charge < -0.3 is 15.2 Å². The van der Waals surface area contributed by atoms with Gasteiger partial charge in [-0.1, -0.05) is 6.92 Å². The Balaban J connectivity index is 1.67. The fourth-order valence-electron chi connectivity index (χ4n) is 3.42. The lowest BCUT2D eigenvalue weighted by atomic mass is 9.79. The number of aryl methyl sites for hydroxylation is 1. The van der Waals surface area contributed by atoms with Gasteiger partial charge in [0.05, 0.1) is 5.39 Å². The Bertz CT molecular complexity index is 686. The molecule has 0 atom stereocenters. The van der Waals surface area contributed by atoms with Crippen molar-refractivity contribution < 1.29 is 4.79 Å². The molecule has 6 nitrogen and oxygen atoms in total. The number of H-pyrrole nitrogens is 1. The molecule has 0 aliphatic carbocycles. The summed E-state index contributed by atoms with van der Waals surface area (Å²) in [6.07, 6.45) is 5.22. The fraction of sp³-hybridized carbons (Fsp3) is 0.500. The number of nitrogens with one attached hydrogen (secondary N) is 2. The lowest BCUT2D eigenvalue weighted by molar-refractivity contribution is -0.119. The minimum absolute atomic E-state index is 0.122. The monoisotopic (exact) mass is 271 g/mol. The maximum atomic E-state index is 11.4. The molecule has 2 aliphatic heterocycles. The van der Waals surface area contributed by atoms with Gasteiger partial charge in [0.1, 0.15) is 17.8 Å². The average Bonchev–Trinajstić information content (AvgIpc) is 3.00. The van der Waals surface area contributed by atoms with Crippen LogP contribution >= 0.6 is 0 Å². The molecule has 2 fully saturated rings. The number of fused-ring (bicyclic) bond motifs is 1. The third-order valence-electron chi connectivity index (χ3n) is 4.46. The Morgan fingerprint density at radius 1 is 1.40 bits per heavy atom. The Labute approximate surface area is 116 Å². The van der Waals surface area contributed by atoms with Crippen LogP contribution in [0, 0.1) is 5.41 Å². The van der Waals surface area contributed by atoms with Crippen LogP contribution in [0.1, 0.15) is 18.9 Å². The van der Waals surface area contributed by atoms with Crippen molar-refractivity contribution in [2.75, 3.05) is 24.5 Å². The summed E-state index contributed by atoms with van der Waals surface area (Å²) in [6.45, 7) is 4.72. The number of nitrogens with zero attached hydrogens (tertiary/aromatic N) is 3. The van der Waals surface area contributed by atoms with Gasteiger partial charge in [-0.3, -0.25) is 4.79 Å². The molecule has 2 aliphatic rings. The van der Waals surface area contributed by atoms with Gasteiger partial charge in [0.2, 0.25) is 5.91 Å². The number of carbonyl (C=O) groups excluding carboxylic acids is 1. The summed E-state index contributed by atoms with van der Waals surface area (Å²) in [5.74, 6) is 1.17. The zero-order valence-corrected chi connectivity index (χ0v) is 11.4. The lowest BCUT2D eigenvalue weighted by Crippen LogP contribution is -2.57. The van der Waals surface area contributed by atoms with E-state index >= 15 is 0 Å². The Morgan fingerprint density at radius 3 is 2.95 bits per heavy atom.